The summed E-state index contributed by atoms with van der Waals surface area (Å²) in [7, 11) is 0. The lowest BCUT2D eigenvalue weighted by Crippen LogP contribution is -2.35. The van der Waals surface area contributed by atoms with Crippen LogP contribution in [0.25, 0.3) is 0 Å². The van der Waals surface area contributed by atoms with Crippen LogP contribution in [0.5, 0.6) is 0 Å². The summed E-state index contributed by atoms with van der Waals surface area (Å²) >= 11 is 0. The molecule has 0 spiro atoms. The van der Waals surface area contributed by atoms with E-state index in [1.807, 2.05) is 0 Å². The first-order valence-electron chi connectivity index (χ1n) is 8.02. The van der Waals surface area contributed by atoms with Crippen LogP contribution in [0.4, 0.5) is 0 Å². The lowest BCUT2D eigenvalue weighted by atomic mass is 9.86. The van der Waals surface area contributed by atoms with Crippen LogP contribution in [0.2, 0.25) is 0 Å². The smallest absolute Gasteiger partial charge is 0.0963 e. The molecule has 0 aromatic carbocycles. The Morgan fingerprint density at radius 2 is 1.89 bits per heavy atom. The van der Waals surface area contributed by atoms with Crippen molar-refractivity contribution in [2.45, 2.75) is 65.7 Å². The fourth-order valence-corrected chi connectivity index (χ4v) is 2.94. The standard InChI is InChI=1S/C16H33N3/c1-4-7-14-8-12-19(13-9-14)11-6-5-10-16(2,3)15(17)18/h14H,4-13H2,1-3H3,(H3,17,18). The van der Waals surface area contributed by atoms with Crippen molar-refractivity contribution in [3.05, 3.63) is 0 Å². The number of unbranched alkanes of at least 4 members (excludes halogenated alkanes) is 1. The number of nitrogens with two attached hydrogens (primary N) is 1. The molecule has 0 aromatic rings. The van der Waals surface area contributed by atoms with Gasteiger partial charge in [-0.2, -0.15) is 0 Å². The van der Waals surface area contributed by atoms with Crippen molar-refractivity contribution >= 4 is 5.84 Å². The predicted molar refractivity (Wildman–Crippen MR) is 83.6 cm³/mol. The van der Waals surface area contributed by atoms with Gasteiger partial charge in [-0.05, 0) is 51.2 Å². The molecule has 1 heterocycles. The van der Waals surface area contributed by atoms with Crippen LogP contribution in [-0.2, 0) is 0 Å². The highest BCUT2D eigenvalue weighted by molar-refractivity contribution is 5.82. The van der Waals surface area contributed by atoms with E-state index < -0.39 is 0 Å². The molecule has 0 radical (unpaired) electrons. The molecule has 0 atom stereocenters. The number of amidine groups is 1. The molecule has 0 amide bonds. The molecule has 3 N–H and O–H groups in total. The maximum absolute atomic E-state index is 7.56. The van der Waals surface area contributed by atoms with Crippen LogP contribution >= 0.6 is 0 Å². The second-order valence-electron chi connectivity index (χ2n) is 6.83. The zero-order valence-electron chi connectivity index (χ0n) is 13.2. The third kappa shape index (κ3) is 5.94. The molecule has 112 valence electrons. The van der Waals surface area contributed by atoms with Crippen molar-refractivity contribution in [3.8, 4) is 0 Å². The number of hydrogen-bond donors (Lipinski definition) is 2. The summed E-state index contributed by atoms with van der Waals surface area (Å²) in [5.74, 6) is 1.31. The minimum absolute atomic E-state index is 0.117. The third-order valence-electron chi connectivity index (χ3n) is 4.66. The van der Waals surface area contributed by atoms with Crippen LogP contribution in [0.15, 0.2) is 0 Å². The van der Waals surface area contributed by atoms with Crippen LogP contribution in [0, 0.1) is 16.7 Å². The first-order chi connectivity index (χ1) is 8.95. The molecule has 1 aliphatic rings. The molecule has 1 aliphatic heterocycles. The lowest BCUT2D eigenvalue weighted by Gasteiger charge is -2.32. The van der Waals surface area contributed by atoms with E-state index in [2.05, 4.69) is 25.7 Å². The minimum Gasteiger partial charge on any atom is -0.387 e. The third-order valence-corrected chi connectivity index (χ3v) is 4.66. The first-order valence-corrected chi connectivity index (χ1v) is 8.02. The number of nitrogens with zero attached hydrogens (tertiary/aromatic N) is 1. The fourth-order valence-electron chi connectivity index (χ4n) is 2.94. The van der Waals surface area contributed by atoms with E-state index in [0.29, 0.717) is 5.84 Å². The number of rotatable bonds is 8. The second-order valence-corrected chi connectivity index (χ2v) is 6.83. The number of piperidine rings is 1. The monoisotopic (exact) mass is 267 g/mol. The molecular weight excluding hydrogens is 234 g/mol. The maximum atomic E-state index is 7.56. The summed E-state index contributed by atoms with van der Waals surface area (Å²) in [5.41, 5.74) is 5.49. The molecule has 0 saturated carbocycles. The van der Waals surface area contributed by atoms with Gasteiger partial charge in [0.1, 0.15) is 0 Å². The number of hydrogen-bond acceptors (Lipinski definition) is 2. The average Bonchev–Trinajstić information content (AvgIpc) is 2.37. The highest BCUT2D eigenvalue weighted by atomic mass is 15.1. The second kappa shape index (κ2) is 7.88. The SMILES string of the molecule is CCCC1CCN(CCCCC(C)(C)C(=N)N)CC1. The molecule has 1 saturated heterocycles. The highest BCUT2D eigenvalue weighted by Gasteiger charge is 2.21. The summed E-state index contributed by atoms with van der Waals surface area (Å²) in [6.45, 7) is 10.3. The Labute approximate surface area is 119 Å². The molecule has 1 fully saturated rings. The summed E-state index contributed by atoms with van der Waals surface area (Å²) in [5, 5.41) is 7.56. The number of nitrogens with one attached hydrogen (secondary N) is 1. The normalized spacial score (nSPS) is 18.7. The van der Waals surface area contributed by atoms with Gasteiger partial charge in [0.05, 0.1) is 5.84 Å². The van der Waals surface area contributed by atoms with E-state index >= 15 is 0 Å². The molecule has 0 bridgehead atoms. The Kier molecular flexibility index (Phi) is 6.84. The topological polar surface area (TPSA) is 53.1 Å². The van der Waals surface area contributed by atoms with E-state index in [1.54, 1.807) is 0 Å². The molecule has 3 nitrogen and oxygen atoms in total. The van der Waals surface area contributed by atoms with Gasteiger partial charge in [0.2, 0.25) is 0 Å². The Balaban J connectivity index is 2.10. The molecule has 0 unspecified atom stereocenters. The predicted octanol–water partition coefficient (Wildman–Crippen LogP) is 3.63. The van der Waals surface area contributed by atoms with E-state index in [4.69, 9.17) is 11.1 Å². The highest BCUT2D eigenvalue weighted by Crippen LogP contribution is 2.24. The summed E-state index contributed by atoms with van der Waals surface area (Å²) in [6, 6.07) is 0. The zero-order valence-corrected chi connectivity index (χ0v) is 13.2. The van der Waals surface area contributed by atoms with Crippen molar-refractivity contribution in [3.63, 3.8) is 0 Å². The van der Waals surface area contributed by atoms with Gasteiger partial charge in [0.25, 0.3) is 0 Å². The van der Waals surface area contributed by atoms with Gasteiger partial charge in [-0.3, -0.25) is 5.41 Å². The number of likely N-dealkylation sites (tertiary alicyclic amines) is 1. The van der Waals surface area contributed by atoms with Gasteiger partial charge in [-0.1, -0.05) is 40.0 Å². The maximum Gasteiger partial charge on any atom is 0.0963 e. The van der Waals surface area contributed by atoms with E-state index in [0.717, 1.165) is 12.3 Å². The minimum atomic E-state index is -0.117. The van der Waals surface area contributed by atoms with E-state index in [-0.39, 0.29) is 5.41 Å². The fraction of sp³-hybridized carbons (Fsp3) is 0.938. The van der Waals surface area contributed by atoms with Crippen LogP contribution in [0.1, 0.15) is 65.7 Å². The van der Waals surface area contributed by atoms with Crippen molar-refractivity contribution in [2.24, 2.45) is 17.1 Å². The van der Waals surface area contributed by atoms with Gasteiger partial charge in [-0.15, -0.1) is 0 Å². The van der Waals surface area contributed by atoms with Crippen LogP contribution in [-0.4, -0.2) is 30.4 Å². The molecule has 0 aliphatic carbocycles. The van der Waals surface area contributed by atoms with Gasteiger partial charge < -0.3 is 10.6 Å². The molecule has 19 heavy (non-hydrogen) atoms. The largest absolute Gasteiger partial charge is 0.387 e. The zero-order chi connectivity index (χ0) is 14.3. The van der Waals surface area contributed by atoms with Crippen LogP contribution in [0.3, 0.4) is 0 Å². The first kappa shape index (κ1) is 16.5. The van der Waals surface area contributed by atoms with Crippen molar-refractivity contribution in [2.75, 3.05) is 19.6 Å². The molecular formula is C16H33N3. The summed E-state index contributed by atoms with van der Waals surface area (Å²) in [6.07, 6.45) is 9.01. The molecule has 0 aromatic heterocycles. The van der Waals surface area contributed by atoms with E-state index in [1.165, 1.54) is 58.2 Å². The average molecular weight is 267 g/mol. The van der Waals surface area contributed by atoms with Gasteiger partial charge in [0, 0.05) is 5.41 Å². The Bertz CT molecular complexity index is 265. The Hall–Kier alpha value is -0.570. The van der Waals surface area contributed by atoms with Gasteiger partial charge in [-0.25, -0.2) is 0 Å². The van der Waals surface area contributed by atoms with Crippen molar-refractivity contribution in [1.29, 1.82) is 5.41 Å². The van der Waals surface area contributed by atoms with E-state index in [9.17, 15) is 0 Å². The van der Waals surface area contributed by atoms with Crippen LogP contribution < -0.4 is 5.73 Å². The van der Waals surface area contributed by atoms with Crippen molar-refractivity contribution in [1.82, 2.24) is 4.90 Å². The Morgan fingerprint density at radius 3 is 2.42 bits per heavy atom. The molecule has 3 heteroatoms. The summed E-state index contributed by atoms with van der Waals surface area (Å²) < 4.78 is 0. The van der Waals surface area contributed by atoms with Gasteiger partial charge in [0.15, 0.2) is 0 Å². The lowest BCUT2D eigenvalue weighted by molar-refractivity contribution is 0.174. The quantitative estimate of drug-likeness (QED) is 0.401. The Morgan fingerprint density at radius 1 is 1.26 bits per heavy atom. The van der Waals surface area contributed by atoms with Gasteiger partial charge >= 0.3 is 0 Å². The molecule has 1 rings (SSSR count). The summed E-state index contributed by atoms with van der Waals surface area (Å²) in [4.78, 5) is 2.62. The van der Waals surface area contributed by atoms with Crippen molar-refractivity contribution < 1.29 is 0 Å².